The first kappa shape index (κ1) is 15.0. The molecule has 1 amide bonds. The van der Waals surface area contributed by atoms with E-state index in [4.69, 9.17) is 0 Å². The van der Waals surface area contributed by atoms with E-state index in [0.717, 1.165) is 12.1 Å². The molecule has 1 aromatic heterocycles. The molecular formula is C14H20N2O3S. The van der Waals surface area contributed by atoms with Gasteiger partial charge in [0, 0.05) is 18.3 Å². The van der Waals surface area contributed by atoms with Gasteiger partial charge < -0.3 is 10.4 Å². The van der Waals surface area contributed by atoms with E-state index in [9.17, 15) is 14.7 Å². The smallest absolute Gasteiger partial charge is 0.307 e. The zero-order valence-electron chi connectivity index (χ0n) is 11.5. The minimum absolute atomic E-state index is 0.122. The number of rotatable bonds is 6. The highest BCUT2D eigenvalue weighted by molar-refractivity contribution is 7.07. The third-order valence-electron chi connectivity index (χ3n) is 4.06. The Hall–Kier alpha value is -1.43. The lowest BCUT2D eigenvalue weighted by Crippen LogP contribution is -2.36. The van der Waals surface area contributed by atoms with Crippen LogP contribution in [0.3, 0.4) is 0 Å². The first-order chi connectivity index (χ1) is 9.61. The standard InChI is InChI=1S/C14H20N2O3S/c1-2-9-5-11(12(6-9)14(18)19)13(17)15-4-3-10-7-20-8-16-10/h7-9,11-12H,2-6H2,1H3,(H,15,17)(H,18,19)/t9?,11-,12+/m0/s1. The number of hydrogen-bond acceptors (Lipinski definition) is 4. The van der Waals surface area contributed by atoms with E-state index in [2.05, 4.69) is 10.3 Å². The van der Waals surface area contributed by atoms with E-state index >= 15 is 0 Å². The zero-order chi connectivity index (χ0) is 14.5. The summed E-state index contributed by atoms with van der Waals surface area (Å²) in [6.45, 7) is 2.56. The van der Waals surface area contributed by atoms with Crippen LogP contribution in [0.25, 0.3) is 0 Å². The SMILES string of the molecule is CCC1C[C@H](C(=O)NCCc2cscn2)[C@H](C(=O)O)C1. The second kappa shape index (κ2) is 6.83. The lowest BCUT2D eigenvalue weighted by atomic mass is 9.95. The Labute approximate surface area is 122 Å². The molecule has 0 saturated heterocycles. The van der Waals surface area contributed by atoms with Crippen molar-refractivity contribution in [3.8, 4) is 0 Å². The summed E-state index contributed by atoms with van der Waals surface area (Å²) in [5.41, 5.74) is 2.73. The summed E-state index contributed by atoms with van der Waals surface area (Å²) < 4.78 is 0. The Morgan fingerprint density at radius 3 is 2.80 bits per heavy atom. The van der Waals surface area contributed by atoms with Crippen molar-refractivity contribution in [3.05, 3.63) is 16.6 Å². The van der Waals surface area contributed by atoms with Gasteiger partial charge in [0.15, 0.2) is 0 Å². The average Bonchev–Trinajstić information content (AvgIpc) is 3.07. The van der Waals surface area contributed by atoms with Crippen LogP contribution in [-0.4, -0.2) is 28.5 Å². The Kier molecular flexibility index (Phi) is 5.11. The molecule has 2 N–H and O–H groups in total. The van der Waals surface area contributed by atoms with Gasteiger partial charge in [-0.25, -0.2) is 4.98 Å². The molecule has 0 bridgehead atoms. The van der Waals surface area contributed by atoms with E-state index in [1.165, 1.54) is 11.3 Å². The number of carboxylic acid groups (broad SMARTS) is 1. The minimum atomic E-state index is -0.847. The van der Waals surface area contributed by atoms with Crippen LogP contribution >= 0.6 is 11.3 Å². The molecule has 1 fully saturated rings. The van der Waals surface area contributed by atoms with Crippen molar-refractivity contribution in [1.29, 1.82) is 0 Å². The van der Waals surface area contributed by atoms with E-state index < -0.39 is 11.9 Å². The van der Waals surface area contributed by atoms with Gasteiger partial charge in [-0.3, -0.25) is 9.59 Å². The number of carboxylic acids is 1. The van der Waals surface area contributed by atoms with Crippen LogP contribution in [0.15, 0.2) is 10.9 Å². The predicted molar refractivity (Wildman–Crippen MR) is 76.5 cm³/mol. The first-order valence-corrected chi connectivity index (χ1v) is 7.93. The molecule has 5 nitrogen and oxygen atoms in total. The second-order valence-electron chi connectivity index (χ2n) is 5.32. The summed E-state index contributed by atoms with van der Waals surface area (Å²) >= 11 is 1.53. The number of aliphatic carboxylic acids is 1. The Balaban J connectivity index is 1.85. The summed E-state index contributed by atoms with van der Waals surface area (Å²) in [6, 6.07) is 0. The van der Waals surface area contributed by atoms with Gasteiger partial charge in [0.25, 0.3) is 0 Å². The van der Waals surface area contributed by atoms with E-state index in [-0.39, 0.29) is 11.8 Å². The Morgan fingerprint density at radius 2 is 2.20 bits per heavy atom. The summed E-state index contributed by atoms with van der Waals surface area (Å²) in [7, 11) is 0. The number of carbonyl (C=O) groups excluding carboxylic acids is 1. The van der Waals surface area contributed by atoms with Gasteiger partial charge in [0.05, 0.1) is 23.0 Å². The molecule has 1 saturated carbocycles. The van der Waals surface area contributed by atoms with Crippen LogP contribution < -0.4 is 5.32 Å². The molecule has 0 radical (unpaired) electrons. The van der Waals surface area contributed by atoms with Crippen LogP contribution in [0.2, 0.25) is 0 Å². The molecule has 1 heterocycles. The van der Waals surface area contributed by atoms with Crippen molar-refractivity contribution in [2.75, 3.05) is 6.54 Å². The maximum absolute atomic E-state index is 12.2. The average molecular weight is 296 g/mol. The first-order valence-electron chi connectivity index (χ1n) is 6.99. The van der Waals surface area contributed by atoms with Gasteiger partial charge in [-0.1, -0.05) is 13.3 Å². The molecule has 1 aliphatic carbocycles. The van der Waals surface area contributed by atoms with Gasteiger partial charge in [0.2, 0.25) is 5.91 Å². The molecular weight excluding hydrogens is 276 g/mol. The third kappa shape index (κ3) is 3.56. The number of hydrogen-bond donors (Lipinski definition) is 2. The van der Waals surface area contributed by atoms with Crippen molar-refractivity contribution in [1.82, 2.24) is 10.3 Å². The van der Waals surface area contributed by atoms with Crippen molar-refractivity contribution in [2.24, 2.45) is 17.8 Å². The Bertz CT molecular complexity index is 461. The van der Waals surface area contributed by atoms with E-state index in [1.54, 1.807) is 5.51 Å². The summed E-state index contributed by atoms with van der Waals surface area (Å²) in [5, 5.41) is 14.0. The summed E-state index contributed by atoms with van der Waals surface area (Å²) in [4.78, 5) is 27.6. The molecule has 6 heteroatoms. The molecule has 1 aliphatic rings. The second-order valence-corrected chi connectivity index (χ2v) is 6.04. The van der Waals surface area contributed by atoms with Gasteiger partial charge in [-0.15, -0.1) is 11.3 Å². The maximum Gasteiger partial charge on any atom is 0.307 e. The molecule has 20 heavy (non-hydrogen) atoms. The third-order valence-corrected chi connectivity index (χ3v) is 4.69. The normalized spacial score (nSPS) is 25.6. The highest BCUT2D eigenvalue weighted by Crippen LogP contribution is 2.38. The fraction of sp³-hybridized carbons (Fsp3) is 0.643. The monoisotopic (exact) mass is 296 g/mol. The molecule has 0 aromatic carbocycles. The van der Waals surface area contributed by atoms with Crippen molar-refractivity contribution >= 4 is 23.2 Å². The van der Waals surface area contributed by atoms with Crippen LogP contribution in [0.5, 0.6) is 0 Å². The van der Waals surface area contributed by atoms with Crippen LogP contribution in [0.1, 0.15) is 31.9 Å². The molecule has 110 valence electrons. The number of nitrogens with one attached hydrogen (secondary N) is 1. The highest BCUT2D eigenvalue weighted by Gasteiger charge is 2.41. The summed E-state index contributed by atoms with van der Waals surface area (Å²) in [5.74, 6) is -1.53. The molecule has 0 aliphatic heterocycles. The fourth-order valence-corrected chi connectivity index (χ4v) is 3.44. The van der Waals surface area contributed by atoms with Crippen molar-refractivity contribution in [3.63, 3.8) is 0 Å². The molecule has 3 atom stereocenters. The molecule has 1 unspecified atom stereocenters. The Morgan fingerprint density at radius 1 is 1.45 bits per heavy atom. The van der Waals surface area contributed by atoms with Crippen LogP contribution in [-0.2, 0) is 16.0 Å². The van der Waals surface area contributed by atoms with Gasteiger partial charge in [-0.05, 0) is 18.8 Å². The topological polar surface area (TPSA) is 79.3 Å². The van der Waals surface area contributed by atoms with Crippen molar-refractivity contribution in [2.45, 2.75) is 32.6 Å². The van der Waals surface area contributed by atoms with Gasteiger partial charge in [-0.2, -0.15) is 0 Å². The van der Waals surface area contributed by atoms with Crippen molar-refractivity contribution < 1.29 is 14.7 Å². The maximum atomic E-state index is 12.2. The number of thiazole rings is 1. The minimum Gasteiger partial charge on any atom is -0.481 e. The van der Waals surface area contributed by atoms with Gasteiger partial charge in [0.1, 0.15) is 0 Å². The number of carbonyl (C=O) groups is 2. The number of aromatic nitrogens is 1. The highest BCUT2D eigenvalue weighted by atomic mass is 32.1. The van der Waals surface area contributed by atoms with E-state index in [1.807, 2.05) is 12.3 Å². The van der Waals surface area contributed by atoms with Crippen LogP contribution in [0.4, 0.5) is 0 Å². The molecule has 0 spiro atoms. The molecule has 2 rings (SSSR count). The van der Waals surface area contributed by atoms with Gasteiger partial charge >= 0.3 is 5.97 Å². The molecule has 1 aromatic rings. The predicted octanol–water partition coefficient (Wildman–Crippen LogP) is 1.94. The zero-order valence-corrected chi connectivity index (χ0v) is 12.4. The lowest BCUT2D eigenvalue weighted by Gasteiger charge is -2.15. The number of amides is 1. The lowest BCUT2D eigenvalue weighted by molar-refractivity contribution is -0.146. The fourth-order valence-electron chi connectivity index (χ4n) is 2.84. The van der Waals surface area contributed by atoms with E-state index in [0.29, 0.717) is 31.7 Å². The largest absolute Gasteiger partial charge is 0.481 e. The number of nitrogens with zero attached hydrogens (tertiary/aromatic N) is 1. The summed E-state index contributed by atoms with van der Waals surface area (Å²) in [6.07, 6.45) is 2.94. The quantitative estimate of drug-likeness (QED) is 0.841. The van der Waals surface area contributed by atoms with Crippen LogP contribution in [0, 0.1) is 17.8 Å².